The van der Waals surface area contributed by atoms with E-state index in [-0.39, 0.29) is 11.6 Å². The Labute approximate surface area is 185 Å². The highest BCUT2D eigenvalue weighted by Crippen LogP contribution is 2.34. The van der Waals surface area contributed by atoms with E-state index in [0.717, 1.165) is 34.4 Å². The average Bonchev–Trinajstić information content (AvgIpc) is 2.83. The second-order valence-corrected chi connectivity index (χ2v) is 7.15. The van der Waals surface area contributed by atoms with Gasteiger partial charge in [0.1, 0.15) is 17.4 Å². The van der Waals surface area contributed by atoms with E-state index in [1.807, 2.05) is 61.3 Å². The first-order valence-electron chi connectivity index (χ1n) is 10.2. The van der Waals surface area contributed by atoms with Crippen molar-refractivity contribution in [2.24, 2.45) is 0 Å². The second-order valence-electron chi connectivity index (χ2n) is 7.15. The minimum absolute atomic E-state index is 0.120. The molecule has 0 aliphatic rings. The van der Waals surface area contributed by atoms with Crippen molar-refractivity contribution in [3.8, 4) is 11.6 Å². The summed E-state index contributed by atoms with van der Waals surface area (Å²) in [6, 6.07) is 13.9. The Balaban J connectivity index is 1.69. The summed E-state index contributed by atoms with van der Waals surface area (Å²) in [5.74, 6) is 1.91. The minimum Gasteiger partial charge on any atom is -0.464 e. The number of hydrogen-bond donors (Lipinski definition) is 0. The Bertz CT molecular complexity index is 1270. The second kappa shape index (κ2) is 8.97. The van der Waals surface area contributed by atoms with Crippen LogP contribution in [0.15, 0.2) is 54.9 Å². The molecule has 0 bridgehead atoms. The van der Waals surface area contributed by atoms with Crippen LogP contribution in [0.1, 0.15) is 28.8 Å². The number of aromatic nitrogens is 4. The van der Waals surface area contributed by atoms with Crippen LogP contribution in [0.3, 0.4) is 0 Å². The molecule has 0 radical (unpaired) electrons. The summed E-state index contributed by atoms with van der Waals surface area (Å²) < 4.78 is 10.7. The van der Waals surface area contributed by atoms with Crippen LogP contribution in [0.5, 0.6) is 11.6 Å². The molecule has 4 aromatic rings. The number of rotatable bonds is 6. The predicted molar refractivity (Wildman–Crippen MR) is 122 cm³/mol. The quantitative estimate of drug-likeness (QED) is 0.410. The monoisotopic (exact) mass is 429 g/mol. The first kappa shape index (κ1) is 21.2. The van der Waals surface area contributed by atoms with Crippen LogP contribution >= 0.6 is 0 Å². The zero-order chi connectivity index (χ0) is 22.7. The van der Waals surface area contributed by atoms with Gasteiger partial charge in [-0.1, -0.05) is 25.1 Å². The van der Waals surface area contributed by atoms with Crippen LogP contribution in [-0.4, -0.2) is 40.1 Å². The smallest absolute Gasteiger partial charge is 0.358 e. The van der Waals surface area contributed by atoms with Crippen LogP contribution in [0.2, 0.25) is 0 Å². The van der Waals surface area contributed by atoms with E-state index < -0.39 is 5.97 Å². The molecule has 0 fully saturated rings. The van der Waals surface area contributed by atoms with Gasteiger partial charge in [0, 0.05) is 24.2 Å². The summed E-state index contributed by atoms with van der Waals surface area (Å²) in [5.41, 5.74) is 2.93. The first-order valence-corrected chi connectivity index (χ1v) is 10.2. The average molecular weight is 429 g/mol. The fraction of sp³-hybridized carbons (Fsp3) is 0.208. The number of carbonyl (C=O) groups is 1. The summed E-state index contributed by atoms with van der Waals surface area (Å²) in [7, 11) is 3.26. The molecule has 162 valence electrons. The SMILES string of the molecule is CCc1ccc(N(C)c2nc(C)nc3ccccc23)cc1Oc1cnc(C(=O)OC)cn1. The topological polar surface area (TPSA) is 90.3 Å². The molecule has 0 atom stereocenters. The molecule has 2 aromatic carbocycles. The van der Waals surface area contributed by atoms with Crippen molar-refractivity contribution >= 4 is 28.4 Å². The van der Waals surface area contributed by atoms with Crippen molar-refractivity contribution in [3.63, 3.8) is 0 Å². The Kier molecular flexibility index (Phi) is 5.93. The van der Waals surface area contributed by atoms with E-state index >= 15 is 0 Å². The van der Waals surface area contributed by atoms with Crippen molar-refractivity contribution in [2.75, 3.05) is 19.1 Å². The van der Waals surface area contributed by atoms with Crippen LogP contribution in [-0.2, 0) is 11.2 Å². The molecule has 0 amide bonds. The molecule has 0 N–H and O–H groups in total. The number of methoxy groups -OCH3 is 1. The fourth-order valence-electron chi connectivity index (χ4n) is 3.38. The number of aryl methyl sites for hydroxylation is 2. The summed E-state index contributed by atoms with van der Waals surface area (Å²) in [4.78, 5) is 31.0. The summed E-state index contributed by atoms with van der Waals surface area (Å²) in [5, 5.41) is 0.965. The van der Waals surface area contributed by atoms with Gasteiger partial charge >= 0.3 is 5.97 Å². The van der Waals surface area contributed by atoms with Gasteiger partial charge < -0.3 is 14.4 Å². The molecule has 2 heterocycles. The lowest BCUT2D eigenvalue weighted by Gasteiger charge is -2.22. The number of para-hydroxylation sites is 1. The fourth-order valence-corrected chi connectivity index (χ4v) is 3.38. The molecule has 8 nitrogen and oxygen atoms in total. The molecule has 0 spiro atoms. The molecule has 32 heavy (non-hydrogen) atoms. The molecular weight excluding hydrogens is 406 g/mol. The molecule has 0 aliphatic heterocycles. The van der Waals surface area contributed by atoms with Crippen molar-refractivity contribution in [1.29, 1.82) is 0 Å². The molecule has 0 aliphatic carbocycles. The summed E-state index contributed by atoms with van der Waals surface area (Å²) in [6.07, 6.45) is 3.52. The number of ether oxygens (including phenoxy) is 2. The number of anilines is 2. The van der Waals surface area contributed by atoms with Gasteiger partial charge in [0.25, 0.3) is 0 Å². The van der Waals surface area contributed by atoms with Crippen LogP contribution in [0, 0.1) is 6.92 Å². The maximum absolute atomic E-state index is 11.6. The Morgan fingerprint density at radius 3 is 2.59 bits per heavy atom. The van der Waals surface area contributed by atoms with Gasteiger partial charge in [-0.3, -0.25) is 0 Å². The Hall–Kier alpha value is -4.07. The van der Waals surface area contributed by atoms with Crippen LogP contribution < -0.4 is 9.64 Å². The molecule has 4 rings (SSSR count). The molecule has 0 unspecified atom stereocenters. The van der Waals surface area contributed by atoms with Crippen molar-refractivity contribution in [1.82, 2.24) is 19.9 Å². The number of benzene rings is 2. The van der Waals surface area contributed by atoms with Gasteiger partial charge in [-0.25, -0.2) is 24.7 Å². The van der Waals surface area contributed by atoms with Crippen molar-refractivity contribution in [2.45, 2.75) is 20.3 Å². The lowest BCUT2D eigenvalue weighted by molar-refractivity contribution is 0.0593. The van der Waals surface area contributed by atoms with Gasteiger partial charge in [0.2, 0.25) is 5.88 Å². The normalized spacial score (nSPS) is 10.8. The van der Waals surface area contributed by atoms with Crippen molar-refractivity contribution < 1.29 is 14.3 Å². The highest BCUT2D eigenvalue weighted by atomic mass is 16.5. The highest BCUT2D eigenvalue weighted by molar-refractivity contribution is 5.91. The largest absolute Gasteiger partial charge is 0.464 e. The van der Waals surface area contributed by atoms with Gasteiger partial charge in [0.15, 0.2) is 5.69 Å². The highest BCUT2D eigenvalue weighted by Gasteiger charge is 2.15. The lowest BCUT2D eigenvalue weighted by atomic mass is 10.1. The number of carbonyl (C=O) groups excluding carboxylic acids is 1. The summed E-state index contributed by atoms with van der Waals surface area (Å²) in [6.45, 7) is 3.94. The van der Waals surface area contributed by atoms with Crippen LogP contribution in [0.25, 0.3) is 10.9 Å². The number of esters is 1. The zero-order valence-corrected chi connectivity index (χ0v) is 18.4. The van der Waals surface area contributed by atoms with Crippen molar-refractivity contribution in [3.05, 3.63) is 71.9 Å². The van der Waals surface area contributed by atoms with Gasteiger partial charge in [-0.05, 0) is 37.1 Å². The molecule has 0 saturated carbocycles. The molecule has 2 aromatic heterocycles. The first-order chi connectivity index (χ1) is 15.5. The maximum Gasteiger partial charge on any atom is 0.358 e. The summed E-state index contributed by atoms with van der Waals surface area (Å²) >= 11 is 0. The predicted octanol–water partition coefficient (Wildman–Crippen LogP) is 4.64. The third-order valence-corrected chi connectivity index (χ3v) is 5.07. The van der Waals surface area contributed by atoms with Gasteiger partial charge in [-0.2, -0.15) is 0 Å². The van der Waals surface area contributed by atoms with Crippen LogP contribution in [0.4, 0.5) is 11.5 Å². The standard InChI is InChI=1S/C24H23N5O3/c1-5-16-10-11-17(12-21(16)32-22-14-25-20(13-26-22)24(30)31-4)29(3)23-18-8-6-7-9-19(18)27-15(2)28-23/h6-14H,5H2,1-4H3. The van der Waals surface area contributed by atoms with E-state index in [9.17, 15) is 4.79 Å². The van der Waals surface area contributed by atoms with E-state index in [4.69, 9.17) is 4.74 Å². The third kappa shape index (κ3) is 4.20. The number of fused-ring (bicyclic) bond motifs is 1. The zero-order valence-electron chi connectivity index (χ0n) is 18.4. The molecule has 0 saturated heterocycles. The molecule has 8 heteroatoms. The Morgan fingerprint density at radius 1 is 1.06 bits per heavy atom. The molecular formula is C24H23N5O3. The minimum atomic E-state index is -0.547. The Morgan fingerprint density at radius 2 is 1.88 bits per heavy atom. The lowest BCUT2D eigenvalue weighted by Crippen LogP contribution is -2.13. The van der Waals surface area contributed by atoms with E-state index in [0.29, 0.717) is 11.6 Å². The number of hydrogen-bond acceptors (Lipinski definition) is 8. The van der Waals surface area contributed by atoms with Gasteiger partial charge in [0.05, 0.1) is 25.0 Å². The van der Waals surface area contributed by atoms with E-state index in [1.54, 1.807) is 0 Å². The van der Waals surface area contributed by atoms with E-state index in [2.05, 4.69) is 31.6 Å². The number of nitrogens with zero attached hydrogens (tertiary/aromatic N) is 5. The van der Waals surface area contributed by atoms with E-state index in [1.165, 1.54) is 19.5 Å². The maximum atomic E-state index is 11.6. The third-order valence-electron chi connectivity index (χ3n) is 5.07. The van der Waals surface area contributed by atoms with Gasteiger partial charge in [-0.15, -0.1) is 0 Å².